The molecular weight excluding hydrogens is 374 g/mol. The molecule has 29 heavy (non-hydrogen) atoms. The zero-order valence-electron chi connectivity index (χ0n) is 16.3. The van der Waals surface area contributed by atoms with Crippen molar-refractivity contribution in [3.05, 3.63) is 54.2 Å². The van der Waals surface area contributed by atoms with Crippen LogP contribution in [0.1, 0.15) is 24.0 Å². The van der Waals surface area contributed by atoms with Gasteiger partial charge in [-0.2, -0.15) is 10.2 Å². The number of rotatable bonds is 6. The lowest BCUT2D eigenvalue weighted by molar-refractivity contribution is -0.121. The lowest BCUT2D eigenvalue weighted by Gasteiger charge is -2.22. The Morgan fingerprint density at radius 2 is 2.17 bits per heavy atom. The van der Waals surface area contributed by atoms with Crippen molar-refractivity contribution in [2.75, 3.05) is 19.1 Å². The van der Waals surface area contributed by atoms with E-state index in [1.165, 1.54) is 4.90 Å². The molecule has 0 spiro atoms. The van der Waals surface area contributed by atoms with Crippen LogP contribution < -0.4 is 15.0 Å². The zero-order chi connectivity index (χ0) is 20.4. The maximum Gasteiger partial charge on any atom is 0.245 e. The SMILES string of the molecule is COc1ccccc1Cn1cnc(C(O)N[C@H]2CCn3nccc3N(C)C2=O)n1. The van der Waals surface area contributed by atoms with Crippen molar-refractivity contribution in [1.29, 1.82) is 0 Å². The summed E-state index contributed by atoms with van der Waals surface area (Å²) in [5.41, 5.74) is 0.948. The first-order valence-corrected chi connectivity index (χ1v) is 9.31. The smallest absolute Gasteiger partial charge is 0.245 e. The average Bonchev–Trinajstić information content (AvgIpc) is 3.38. The number of aromatic nitrogens is 5. The topological polar surface area (TPSA) is 110 Å². The standard InChI is InChI=1S/C19H23N7O3/c1-24-16-7-9-21-26(16)10-8-14(19(24)28)22-18(27)17-20-12-25(23-17)11-13-5-3-4-6-15(13)29-2/h3-7,9,12,14,18,22,27H,8,10-11H2,1-2H3/t14-,18?/m0/s1. The molecule has 152 valence electrons. The number of nitrogens with zero attached hydrogens (tertiary/aromatic N) is 6. The van der Waals surface area contributed by atoms with Crippen LogP contribution in [0.25, 0.3) is 0 Å². The zero-order valence-corrected chi connectivity index (χ0v) is 16.3. The van der Waals surface area contributed by atoms with E-state index in [0.717, 1.165) is 17.1 Å². The van der Waals surface area contributed by atoms with Gasteiger partial charge in [-0.15, -0.1) is 0 Å². The summed E-state index contributed by atoms with van der Waals surface area (Å²) in [4.78, 5) is 18.5. The number of anilines is 1. The molecule has 1 amide bonds. The Morgan fingerprint density at radius 3 is 3.00 bits per heavy atom. The van der Waals surface area contributed by atoms with Crippen molar-refractivity contribution in [3.8, 4) is 5.75 Å². The molecule has 1 aliphatic rings. The van der Waals surface area contributed by atoms with E-state index in [9.17, 15) is 9.90 Å². The Kier molecular flexibility index (Phi) is 5.28. The molecule has 2 atom stereocenters. The van der Waals surface area contributed by atoms with Gasteiger partial charge in [0.15, 0.2) is 12.1 Å². The molecule has 10 nitrogen and oxygen atoms in total. The van der Waals surface area contributed by atoms with E-state index in [0.29, 0.717) is 19.5 Å². The number of carbonyl (C=O) groups is 1. The van der Waals surface area contributed by atoms with Gasteiger partial charge in [-0.1, -0.05) is 18.2 Å². The molecular formula is C19H23N7O3. The molecule has 0 bridgehead atoms. The number of fused-ring (bicyclic) bond motifs is 1. The van der Waals surface area contributed by atoms with E-state index in [4.69, 9.17) is 4.74 Å². The molecule has 3 heterocycles. The van der Waals surface area contributed by atoms with Crippen molar-refractivity contribution in [2.24, 2.45) is 0 Å². The van der Waals surface area contributed by atoms with Crippen molar-refractivity contribution in [1.82, 2.24) is 29.9 Å². The Balaban J connectivity index is 1.43. The second-order valence-electron chi connectivity index (χ2n) is 6.83. The monoisotopic (exact) mass is 397 g/mol. The first kappa shape index (κ1) is 19.1. The van der Waals surface area contributed by atoms with Crippen molar-refractivity contribution in [3.63, 3.8) is 0 Å². The fourth-order valence-electron chi connectivity index (χ4n) is 3.44. The second-order valence-corrected chi connectivity index (χ2v) is 6.83. The number of methoxy groups -OCH3 is 1. The Hall–Kier alpha value is -3.24. The summed E-state index contributed by atoms with van der Waals surface area (Å²) in [5, 5.41) is 22.1. The number of para-hydroxylation sites is 1. The first-order chi connectivity index (χ1) is 14.1. The van der Waals surface area contributed by atoms with E-state index in [1.807, 2.05) is 24.3 Å². The highest BCUT2D eigenvalue weighted by Gasteiger charge is 2.30. The quantitative estimate of drug-likeness (QED) is 0.585. The van der Waals surface area contributed by atoms with E-state index in [-0.39, 0.29) is 11.7 Å². The van der Waals surface area contributed by atoms with E-state index in [2.05, 4.69) is 20.5 Å². The summed E-state index contributed by atoms with van der Waals surface area (Å²) < 4.78 is 8.74. The van der Waals surface area contributed by atoms with Gasteiger partial charge in [-0.3, -0.25) is 15.0 Å². The third-order valence-electron chi connectivity index (χ3n) is 4.98. The molecule has 0 radical (unpaired) electrons. The van der Waals surface area contributed by atoms with Crippen molar-refractivity contribution >= 4 is 11.7 Å². The molecule has 0 saturated heterocycles. The number of amides is 1. The van der Waals surface area contributed by atoms with Crippen LogP contribution in [0.2, 0.25) is 0 Å². The van der Waals surface area contributed by atoms with Gasteiger partial charge in [-0.25, -0.2) is 14.3 Å². The van der Waals surface area contributed by atoms with Crippen LogP contribution in [0.5, 0.6) is 5.75 Å². The van der Waals surface area contributed by atoms with Crippen LogP contribution in [0.3, 0.4) is 0 Å². The van der Waals surface area contributed by atoms with Gasteiger partial charge in [0.1, 0.15) is 17.9 Å². The Morgan fingerprint density at radius 1 is 1.34 bits per heavy atom. The largest absolute Gasteiger partial charge is 0.496 e. The van der Waals surface area contributed by atoms with Gasteiger partial charge in [0.2, 0.25) is 5.91 Å². The molecule has 2 aromatic heterocycles. The minimum Gasteiger partial charge on any atom is -0.496 e. The van der Waals surface area contributed by atoms with E-state index >= 15 is 0 Å². The fourth-order valence-corrected chi connectivity index (χ4v) is 3.44. The highest BCUT2D eigenvalue weighted by Crippen LogP contribution is 2.21. The molecule has 1 aromatic carbocycles. The van der Waals surface area contributed by atoms with Crippen LogP contribution in [0, 0.1) is 0 Å². The summed E-state index contributed by atoms with van der Waals surface area (Å²) in [6.07, 6.45) is 2.54. The average molecular weight is 397 g/mol. The van der Waals surface area contributed by atoms with E-state index < -0.39 is 12.3 Å². The van der Waals surface area contributed by atoms with Crippen LogP contribution in [-0.2, 0) is 17.9 Å². The first-order valence-electron chi connectivity index (χ1n) is 9.31. The van der Waals surface area contributed by atoms with Gasteiger partial charge in [-0.05, 0) is 12.5 Å². The minimum atomic E-state index is -1.17. The number of hydrogen-bond donors (Lipinski definition) is 2. The number of aliphatic hydroxyl groups excluding tert-OH is 1. The summed E-state index contributed by atoms with van der Waals surface area (Å²) >= 11 is 0. The number of aryl methyl sites for hydroxylation is 1. The molecule has 10 heteroatoms. The van der Waals surface area contributed by atoms with Gasteiger partial charge in [0.05, 0.1) is 25.9 Å². The molecule has 0 aliphatic carbocycles. The summed E-state index contributed by atoms with van der Waals surface area (Å²) in [6.45, 7) is 1.02. The predicted molar refractivity (Wildman–Crippen MR) is 104 cm³/mol. The molecule has 0 saturated carbocycles. The van der Waals surface area contributed by atoms with Gasteiger partial charge < -0.3 is 9.84 Å². The van der Waals surface area contributed by atoms with Crippen molar-refractivity contribution < 1.29 is 14.6 Å². The lowest BCUT2D eigenvalue weighted by atomic mass is 10.2. The summed E-state index contributed by atoms with van der Waals surface area (Å²) in [7, 11) is 3.31. The maximum absolute atomic E-state index is 12.7. The second kappa shape index (κ2) is 8.02. The Bertz CT molecular complexity index is 999. The third kappa shape index (κ3) is 3.84. The summed E-state index contributed by atoms with van der Waals surface area (Å²) in [6, 6.07) is 8.86. The van der Waals surface area contributed by atoms with Crippen LogP contribution >= 0.6 is 0 Å². The number of ether oxygens (including phenoxy) is 1. The molecule has 2 N–H and O–H groups in total. The molecule has 0 fully saturated rings. The maximum atomic E-state index is 12.7. The molecule has 1 unspecified atom stereocenters. The van der Waals surface area contributed by atoms with Crippen LogP contribution in [0.4, 0.5) is 5.82 Å². The predicted octanol–water partition coefficient (Wildman–Crippen LogP) is 0.547. The Labute approximate surface area is 167 Å². The number of carbonyl (C=O) groups excluding carboxylic acids is 1. The van der Waals surface area contributed by atoms with Gasteiger partial charge in [0, 0.05) is 25.2 Å². The lowest BCUT2D eigenvalue weighted by Crippen LogP contribution is -2.45. The fraction of sp³-hybridized carbons (Fsp3) is 0.368. The van der Waals surface area contributed by atoms with E-state index in [1.54, 1.807) is 42.1 Å². The molecule has 1 aliphatic heterocycles. The highest BCUT2D eigenvalue weighted by atomic mass is 16.5. The van der Waals surface area contributed by atoms with Crippen LogP contribution in [0.15, 0.2) is 42.9 Å². The van der Waals surface area contributed by atoms with Gasteiger partial charge >= 0.3 is 0 Å². The number of aliphatic hydroxyl groups is 1. The normalized spacial score (nSPS) is 17.7. The number of benzene rings is 1. The third-order valence-corrected chi connectivity index (χ3v) is 4.98. The molecule has 3 aromatic rings. The van der Waals surface area contributed by atoms with Crippen LogP contribution in [-0.4, -0.2) is 55.8 Å². The number of hydrogen-bond acceptors (Lipinski definition) is 7. The minimum absolute atomic E-state index is 0.142. The number of likely N-dealkylation sites (N-methyl/N-ethyl adjacent to an activating group) is 1. The summed E-state index contributed by atoms with van der Waals surface area (Å²) in [5.74, 6) is 1.55. The van der Waals surface area contributed by atoms with Crippen molar-refractivity contribution in [2.45, 2.75) is 31.8 Å². The highest BCUT2D eigenvalue weighted by molar-refractivity contribution is 5.96. The number of nitrogens with one attached hydrogen (secondary N) is 1. The molecule has 4 rings (SSSR count). The van der Waals surface area contributed by atoms with Gasteiger partial charge in [0.25, 0.3) is 0 Å².